The normalized spacial score (nSPS) is 14.1. The summed E-state index contributed by atoms with van der Waals surface area (Å²) in [5.74, 6) is 3.75. The molecule has 712 valence electrons. The van der Waals surface area contributed by atoms with Gasteiger partial charge in [0.05, 0.1) is 94.7 Å². The lowest BCUT2D eigenvalue weighted by Gasteiger charge is -2.37. The van der Waals surface area contributed by atoms with E-state index in [0.717, 1.165) is 28.1 Å². The van der Waals surface area contributed by atoms with E-state index in [0.29, 0.717) is 188 Å². The fraction of sp³-hybridized carbons (Fsp3) is 0.349. The number of nitriles is 1. The monoisotopic (exact) mass is 1920 g/mol. The van der Waals surface area contributed by atoms with E-state index in [4.69, 9.17) is 62.6 Å². The van der Waals surface area contributed by atoms with Gasteiger partial charge in [0.1, 0.15) is 64.0 Å². The summed E-state index contributed by atoms with van der Waals surface area (Å²) in [6.07, 6.45) is 25.5. The van der Waals surface area contributed by atoms with Gasteiger partial charge in [-0.15, -0.1) is 12.8 Å². The number of rotatable bonds is 24. The maximum Gasteiger partial charge on any atom is 0.276 e. The quantitative estimate of drug-likeness (QED) is 0.0434. The van der Waals surface area contributed by atoms with Crippen LogP contribution < -0.4 is 36.7 Å². The third kappa shape index (κ3) is 20.6. The molecule has 3 amide bonds. The van der Waals surface area contributed by atoms with Gasteiger partial charge in [-0.05, 0) is 142 Å². The van der Waals surface area contributed by atoms with Crippen LogP contribution in [0.25, 0.3) is 83.9 Å². The molecule has 16 rings (SSSR count). The van der Waals surface area contributed by atoms with Gasteiger partial charge in [0.2, 0.25) is 17.7 Å². The molecule has 0 bridgehead atoms. The molecule has 27 nitrogen and oxygen atoms in total. The van der Waals surface area contributed by atoms with Crippen molar-refractivity contribution in [1.29, 1.82) is 5.26 Å². The Balaban J connectivity index is 0.000000165. The van der Waals surface area contributed by atoms with E-state index in [1.165, 1.54) is 52.6 Å². The molecule has 0 atom stereocenters. The zero-order valence-corrected chi connectivity index (χ0v) is 82.4. The highest BCUT2D eigenvalue weighted by molar-refractivity contribution is 6.35. The number of amides is 3. The number of carbonyl (C=O) groups is 3. The fourth-order valence-corrected chi connectivity index (χ4v) is 18.8. The van der Waals surface area contributed by atoms with Crippen LogP contribution in [0.2, 0.25) is 15.1 Å². The Morgan fingerprint density at radius 2 is 0.797 bits per heavy atom. The number of piperazine rings is 3. The van der Waals surface area contributed by atoms with E-state index in [1.807, 2.05) is 149 Å². The average Bonchev–Trinajstić information content (AvgIpc) is 0.949. The Morgan fingerprint density at radius 3 is 1.15 bits per heavy atom. The fourth-order valence-electron chi connectivity index (χ4n) is 18.0. The zero-order chi connectivity index (χ0) is 99.1. The SMILES string of the molecule is C#Cc1c(N2CCN(C(=O)/C=C/CNC3CC3)CC2)c2cc(Cl)c(-c3ccccc3F)nc2n(-c2c(C(C)C)ncnc2C(C)C)c1=O.C#Cc1c(N2CCN(C(=O)C=C)CC2)c2cc(Cl)c(-c3ccccc3CN(C)C)nc2n(-c2c(C(C)C)ncnc2C(C)C)c1=O.C=CC(=O)N1CCN(c2c(C#N)c(=O)n(-c3c(CN(C)C)ccnc3C(C)C)c3nc(-c4ccccc4F)c(Cl)cc23)CC1. The third-order valence-electron chi connectivity index (χ3n) is 24.8. The van der Waals surface area contributed by atoms with Crippen LogP contribution in [-0.2, 0) is 27.5 Å². The number of nitrogens with zero attached hydrogens (tertiary/aromatic N) is 20. The minimum atomic E-state index is -0.566. The first kappa shape index (κ1) is 100. The summed E-state index contributed by atoms with van der Waals surface area (Å²) >= 11 is 20.8. The van der Waals surface area contributed by atoms with Gasteiger partial charge < -0.3 is 44.5 Å². The van der Waals surface area contributed by atoms with Gasteiger partial charge in [-0.1, -0.05) is 184 Å². The molecule has 3 aliphatic heterocycles. The van der Waals surface area contributed by atoms with Crippen molar-refractivity contribution in [2.24, 2.45) is 0 Å². The van der Waals surface area contributed by atoms with Gasteiger partial charge in [-0.25, -0.2) is 43.7 Å². The van der Waals surface area contributed by atoms with Gasteiger partial charge in [0.25, 0.3) is 16.7 Å². The first-order valence-corrected chi connectivity index (χ1v) is 47.3. The maximum absolute atomic E-state index is 15.2. The Morgan fingerprint density at radius 1 is 0.464 bits per heavy atom. The molecular formula is C106H112Cl3F2N21O6. The number of nitrogens with one attached hydrogen (secondary N) is 1. The van der Waals surface area contributed by atoms with Gasteiger partial charge in [-0.2, -0.15) is 5.26 Å². The van der Waals surface area contributed by atoms with Crippen molar-refractivity contribution < 1.29 is 23.2 Å². The van der Waals surface area contributed by atoms with E-state index in [2.05, 4.69) is 77.2 Å². The number of fused-ring (bicyclic) bond motifs is 3. The smallest absolute Gasteiger partial charge is 0.276 e. The lowest BCUT2D eigenvalue weighted by molar-refractivity contribution is -0.127. The second-order valence-corrected chi connectivity index (χ2v) is 37.8. The molecule has 1 N–H and O–H groups in total. The summed E-state index contributed by atoms with van der Waals surface area (Å²) in [6.45, 7) is 34.2. The van der Waals surface area contributed by atoms with Crippen molar-refractivity contribution in [2.75, 3.05) is 128 Å². The largest absolute Gasteiger partial charge is 0.366 e. The molecule has 3 aromatic carbocycles. The Bertz CT molecular complexity index is 7070. The number of terminal acetylenes is 2. The second-order valence-electron chi connectivity index (χ2n) is 36.5. The van der Waals surface area contributed by atoms with Crippen molar-refractivity contribution in [1.82, 2.24) is 83.4 Å². The molecule has 1 aliphatic carbocycles. The Hall–Kier alpha value is -13.7. The number of hydrogen-bond donors (Lipinski definition) is 1. The number of hydrogen-bond acceptors (Lipinski definition) is 21. The zero-order valence-electron chi connectivity index (χ0n) is 80.1. The van der Waals surface area contributed by atoms with Crippen molar-refractivity contribution in [3.05, 3.63) is 267 Å². The van der Waals surface area contributed by atoms with Gasteiger partial charge in [0.15, 0.2) is 0 Å². The summed E-state index contributed by atoms with van der Waals surface area (Å²) in [7, 11) is 7.87. The highest BCUT2D eigenvalue weighted by Crippen LogP contribution is 2.44. The minimum absolute atomic E-state index is 0.0190. The van der Waals surface area contributed by atoms with E-state index < -0.39 is 22.8 Å². The molecule has 0 unspecified atom stereocenters. The van der Waals surface area contributed by atoms with Crippen LogP contribution in [-0.4, -0.2) is 215 Å². The van der Waals surface area contributed by atoms with E-state index in [9.17, 15) is 34.0 Å². The molecule has 9 aromatic heterocycles. The van der Waals surface area contributed by atoms with Crippen LogP contribution in [0.3, 0.4) is 0 Å². The van der Waals surface area contributed by atoms with E-state index in [-0.39, 0.29) is 113 Å². The molecule has 32 heteroatoms. The van der Waals surface area contributed by atoms with Crippen LogP contribution in [0.4, 0.5) is 25.8 Å². The first-order valence-electron chi connectivity index (χ1n) is 46.2. The van der Waals surface area contributed by atoms with Crippen LogP contribution in [0.15, 0.2) is 168 Å². The number of pyridine rings is 7. The highest BCUT2D eigenvalue weighted by Gasteiger charge is 2.37. The molecule has 3 saturated heterocycles. The molecule has 4 fully saturated rings. The summed E-state index contributed by atoms with van der Waals surface area (Å²) in [6, 6.07) is 30.2. The molecule has 12 heterocycles. The van der Waals surface area contributed by atoms with Gasteiger partial charge in [0, 0.05) is 149 Å². The number of benzene rings is 3. The molecule has 1 saturated carbocycles. The Labute approximate surface area is 817 Å². The number of carbonyl (C=O) groups excluding carboxylic acids is 3. The van der Waals surface area contributed by atoms with E-state index >= 15 is 8.78 Å². The predicted octanol–water partition coefficient (Wildman–Crippen LogP) is 16.6. The van der Waals surface area contributed by atoms with Crippen molar-refractivity contribution in [3.63, 3.8) is 0 Å². The summed E-state index contributed by atoms with van der Waals surface area (Å²) < 4.78 is 34.8. The average molecular weight is 1920 g/mol. The number of anilines is 3. The van der Waals surface area contributed by atoms with Crippen molar-refractivity contribution in [2.45, 2.75) is 131 Å². The van der Waals surface area contributed by atoms with Crippen LogP contribution in [0.1, 0.15) is 168 Å². The van der Waals surface area contributed by atoms with Crippen molar-refractivity contribution in [3.8, 4) is 81.6 Å². The molecule has 138 heavy (non-hydrogen) atoms. The van der Waals surface area contributed by atoms with Crippen LogP contribution in [0.5, 0.6) is 0 Å². The Kier molecular flexibility index (Phi) is 31.5. The lowest BCUT2D eigenvalue weighted by Crippen LogP contribution is -2.49. The second kappa shape index (κ2) is 43.3. The first-order chi connectivity index (χ1) is 66.1. The standard InChI is InChI=1S/C37H39ClFN7O2.C36H40ClN7O2.C33H33ClFN7O2/c1-6-25-34(45-18-16-44(17-19-45)30(47)12-9-15-40-24-13-14-24)27-20-28(38)33(26-10-7-8-11-29(26)39)43-36(27)46(37(25)48)35-31(22(2)3)41-21-42-32(35)23(4)5;1-9-25-33(43-17-15-42(16-18-43)29(45)10-2)27-19-28(37)32(26-14-12-11-13-24(26)20-41(7)8)40-35(27)44(36(25)46)34-30(22(3)4)38-21-39-31(34)23(5)6;1-6-27(43)40-13-15-41(16-14-40)31-23-17-25(34)29(22-9-7-8-10-26(22)35)38-32(23)42(33(44)24(31)18-36)30-21(19-39(4)5)11-12-37-28(30)20(2)3/h1,7-12,20-24,40H,13-19H2,2-5H3;1,10-14,19,21-23H,2,15-18,20H2,3-8H3;6-12,17,20H,1,13-16,19H2,2-5H3/b12-9+;;. The van der Waals surface area contributed by atoms with Crippen LogP contribution in [0, 0.1) is 47.7 Å². The van der Waals surface area contributed by atoms with E-state index in [1.54, 1.807) is 86.4 Å². The minimum Gasteiger partial charge on any atom is -0.366 e. The van der Waals surface area contributed by atoms with Gasteiger partial charge >= 0.3 is 0 Å². The predicted molar refractivity (Wildman–Crippen MR) is 545 cm³/mol. The van der Waals surface area contributed by atoms with Crippen molar-refractivity contribution >= 4 is 103 Å². The maximum atomic E-state index is 15.2. The molecule has 0 radical (unpaired) electrons. The summed E-state index contributed by atoms with van der Waals surface area (Å²) in [5.41, 5.74) is 10.3. The van der Waals surface area contributed by atoms with Gasteiger partial charge in [-0.3, -0.25) is 47.5 Å². The lowest BCUT2D eigenvalue weighted by atomic mass is 9.99. The highest BCUT2D eigenvalue weighted by atomic mass is 35.5. The third-order valence-corrected chi connectivity index (χ3v) is 25.6. The summed E-state index contributed by atoms with van der Waals surface area (Å²) in [4.78, 5) is 135. The topological polar surface area (TPSA) is 282 Å². The van der Waals surface area contributed by atoms with Crippen LogP contribution >= 0.6 is 34.8 Å². The summed E-state index contributed by atoms with van der Waals surface area (Å²) in [5, 5.41) is 16.3. The molecule has 0 spiro atoms. The number of aromatic nitrogens is 11. The molecule has 4 aliphatic rings. The number of halogens is 5. The molecule has 12 aromatic rings. The molecular weight excluding hydrogens is 1810 g/mol.